The number of carboxylic acids is 1. The number of halogens is 3. The molecule has 0 saturated carbocycles. The average molecular weight is 352 g/mol. The number of ether oxygens (including phenoxy) is 1. The third kappa shape index (κ3) is 4.83. The molecule has 2 amide bonds. The van der Waals surface area contributed by atoms with E-state index < -0.39 is 43.0 Å². The van der Waals surface area contributed by atoms with Gasteiger partial charge in [0, 0.05) is 32.2 Å². The van der Waals surface area contributed by atoms with Crippen LogP contribution in [-0.4, -0.2) is 77.8 Å². The highest BCUT2D eigenvalue weighted by atomic mass is 19.4. The minimum atomic E-state index is -4.53. The molecular formula is C14H19F3N2O5. The number of rotatable bonds is 5. The lowest BCUT2D eigenvalue weighted by molar-refractivity contribution is -0.157. The summed E-state index contributed by atoms with van der Waals surface area (Å²) in [5.74, 6) is -3.47. The van der Waals surface area contributed by atoms with Crippen molar-refractivity contribution in [2.24, 2.45) is 5.92 Å². The van der Waals surface area contributed by atoms with Crippen LogP contribution in [0.2, 0.25) is 0 Å². The van der Waals surface area contributed by atoms with Crippen molar-refractivity contribution < 1.29 is 37.4 Å². The van der Waals surface area contributed by atoms with Crippen molar-refractivity contribution in [3.8, 4) is 0 Å². The van der Waals surface area contributed by atoms with Crippen molar-refractivity contribution >= 4 is 17.8 Å². The maximum absolute atomic E-state index is 12.6. The highest BCUT2D eigenvalue weighted by molar-refractivity contribution is 5.90. The van der Waals surface area contributed by atoms with Crippen LogP contribution in [0.3, 0.4) is 0 Å². The molecule has 1 atom stereocenters. The number of likely N-dealkylation sites (tertiary alicyclic amines) is 1. The van der Waals surface area contributed by atoms with Gasteiger partial charge >= 0.3 is 12.1 Å². The predicted octanol–water partition coefficient (Wildman–Crippen LogP) is 0.489. The number of hydrogen-bond donors (Lipinski definition) is 1. The SMILES string of the molecule is O=C(O)CN(C(=O)C1CC(=O)N(CC(F)(F)F)C1)C1CCOCC1. The molecule has 24 heavy (non-hydrogen) atoms. The zero-order chi connectivity index (χ0) is 17.9. The lowest BCUT2D eigenvalue weighted by atomic mass is 10.0. The number of carboxylic acid groups (broad SMARTS) is 1. The summed E-state index contributed by atoms with van der Waals surface area (Å²) in [5, 5.41) is 9.01. The second-order valence-electron chi connectivity index (χ2n) is 5.99. The van der Waals surface area contributed by atoms with Crippen molar-refractivity contribution in [3.05, 3.63) is 0 Å². The molecule has 0 bridgehead atoms. The Kier molecular flexibility index (Phi) is 5.68. The highest BCUT2D eigenvalue weighted by Gasteiger charge is 2.43. The summed E-state index contributed by atoms with van der Waals surface area (Å²) in [6, 6.07) is -0.339. The Morgan fingerprint density at radius 3 is 2.46 bits per heavy atom. The van der Waals surface area contributed by atoms with Crippen LogP contribution in [0.15, 0.2) is 0 Å². The number of hydrogen-bond acceptors (Lipinski definition) is 4. The monoisotopic (exact) mass is 352 g/mol. The Labute approximate surface area is 136 Å². The van der Waals surface area contributed by atoms with Gasteiger partial charge in [-0.15, -0.1) is 0 Å². The Bertz CT molecular complexity index is 505. The van der Waals surface area contributed by atoms with E-state index in [4.69, 9.17) is 9.84 Å². The maximum atomic E-state index is 12.6. The highest BCUT2D eigenvalue weighted by Crippen LogP contribution is 2.26. The summed E-state index contributed by atoms with van der Waals surface area (Å²) in [6.07, 6.45) is -3.93. The van der Waals surface area contributed by atoms with Gasteiger partial charge in [-0.2, -0.15) is 13.2 Å². The van der Waals surface area contributed by atoms with E-state index in [9.17, 15) is 27.6 Å². The third-order valence-electron chi connectivity index (χ3n) is 4.15. The molecule has 2 fully saturated rings. The number of carbonyl (C=O) groups excluding carboxylic acids is 2. The molecule has 2 saturated heterocycles. The second-order valence-corrected chi connectivity index (χ2v) is 5.99. The Balaban J connectivity index is 2.06. The number of carbonyl (C=O) groups is 3. The Morgan fingerprint density at radius 1 is 1.29 bits per heavy atom. The molecule has 1 N–H and O–H groups in total. The molecule has 136 valence electrons. The van der Waals surface area contributed by atoms with Gasteiger partial charge in [-0.1, -0.05) is 0 Å². The quantitative estimate of drug-likeness (QED) is 0.778. The van der Waals surface area contributed by atoms with Gasteiger partial charge in [-0.3, -0.25) is 14.4 Å². The number of aliphatic carboxylic acids is 1. The summed E-state index contributed by atoms with van der Waals surface area (Å²) >= 11 is 0. The van der Waals surface area contributed by atoms with Crippen molar-refractivity contribution in [2.45, 2.75) is 31.5 Å². The molecule has 7 nitrogen and oxygen atoms in total. The van der Waals surface area contributed by atoms with Crippen LogP contribution in [0.5, 0.6) is 0 Å². The van der Waals surface area contributed by atoms with E-state index in [2.05, 4.69) is 0 Å². The van der Waals surface area contributed by atoms with Gasteiger partial charge in [0.1, 0.15) is 13.1 Å². The zero-order valence-corrected chi connectivity index (χ0v) is 12.9. The largest absolute Gasteiger partial charge is 0.480 e. The Hall–Kier alpha value is -1.84. The molecule has 0 spiro atoms. The van der Waals surface area contributed by atoms with Gasteiger partial charge < -0.3 is 19.6 Å². The summed E-state index contributed by atoms with van der Waals surface area (Å²) in [6.45, 7) is -1.49. The number of nitrogens with zero attached hydrogens (tertiary/aromatic N) is 2. The minimum Gasteiger partial charge on any atom is -0.480 e. The van der Waals surface area contributed by atoms with E-state index in [1.54, 1.807) is 0 Å². The molecule has 2 aliphatic rings. The molecule has 2 heterocycles. The van der Waals surface area contributed by atoms with Gasteiger partial charge in [-0.25, -0.2) is 0 Å². The number of alkyl halides is 3. The van der Waals surface area contributed by atoms with E-state index in [0.717, 1.165) is 0 Å². The maximum Gasteiger partial charge on any atom is 0.406 e. The molecular weight excluding hydrogens is 333 g/mol. The molecule has 0 aromatic heterocycles. The lowest BCUT2D eigenvalue weighted by Crippen LogP contribution is -2.49. The fourth-order valence-corrected chi connectivity index (χ4v) is 3.07. The predicted molar refractivity (Wildman–Crippen MR) is 73.9 cm³/mol. The van der Waals surface area contributed by atoms with Crippen LogP contribution >= 0.6 is 0 Å². The topological polar surface area (TPSA) is 87.2 Å². The van der Waals surface area contributed by atoms with Crippen LogP contribution < -0.4 is 0 Å². The van der Waals surface area contributed by atoms with Gasteiger partial charge in [0.05, 0.1) is 5.92 Å². The second kappa shape index (κ2) is 7.37. The van der Waals surface area contributed by atoms with Gasteiger partial charge in [0.15, 0.2) is 0 Å². The molecule has 1 unspecified atom stereocenters. The fourth-order valence-electron chi connectivity index (χ4n) is 3.07. The van der Waals surface area contributed by atoms with Crippen LogP contribution in [0, 0.1) is 5.92 Å². The zero-order valence-electron chi connectivity index (χ0n) is 12.9. The average Bonchev–Trinajstić information content (AvgIpc) is 2.84. The summed E-state index contributed by atoms with van der Waals surface area (Å²) in [5.41, 5.74) is 0. The number of amides is 2. The summed E-state index contributed by atoms with van der Waals surface area (Å²) in [7, 11) is 0. The summed E-state index contributed by atoms with van der Waals surface area (Å²) < 4.78 is 42.5. The summed E-state index contributed by atoms with van der Waals surface area (Å²) in [4.78, 5) is 37.1. The molecule has 0 aliphatic carbocycles. The van der Waals surface area contributed by atoms with E-state index in [1.165, 1.54) is 4.90 Å². The van der Waals surface area contributed by atoms with Gasteiger partial charge in [0.2, 0.25) is 11.8 Å². The molecule has 0 radical (unpaired) electrons. The van der Waals surface area contributed by atoms with Crippen LogP contribution in [-0.2, 0) is 19.1 Å². The third-order valence-corrected chi connectivity index (χ3v) is 4.15. The molecule has 2 aliphatic heterocycles. The first-order chi connectivity index (χ1) is 11.2. The van der Waals surface area contributed by atoms with Gasteiger partial charge in [0.25, 0.3) is 0 Å². The van der Waals surface area contributed by atoms with E-state index >= 15 is 0 Å². The van der Waals surface area contributed by atoms with Crippen molar-refractivity contribution in [2.75, 3.05) is 32.8 Å². The lowest BCUT2D eigenvalue weighted by Gasteiger charge is -2.34. The van der Waals surface area contributed by atoms with Crippen molar-refractivity contribution in [3.63, 3.8) is 0 Å². The minimum absolute atomic E-state index is 0.325. The first-order valence-electron chi connectivity index (χ1n) is 7.62. The normalized spacial score (nSPS) is 22.7. The van der Waals surface area contributed by atoms with Crippen LogP contribution in [0.4, 0.5) is 13.2 Å². The van der Waals surface area contributed by atoms with E-state index in [1.807, 2.05) is 0 Å². The first-order valence-corrected chi connectivity index (χ1v) is 7.62. The van der Waals surface area contributed by atoms with E-state index in [0.29, 0.717) is 31.0 Å². The molecule has 10 heteroatoms. The Morgan fingerprint density at radius 2 is 1.92 bits per heavy atom. The molecule has 2 rings (SSSR count). The van der Waals surface area contributed by atoms with E-state index in [-0.39, 0.29) is 19.0 Å². The van der Waals surface area contributed by atoms with Crippen molar-refractivity contribution in [1.29, 1.82) is 0 Å². The van der Waals surface area contributed by atoms with Crippen LogP contribution in [0.25, 0.3) is 0 Å². The van der Waals surface area contributed by atoms with Crippen molar-refractivity contribution in [1.82, 2.24) is 9.80 Å². The first kappa shape index (κ1) is 18.5. The standard InChI is InChI=1S/C14H19F3N2O5/c15-14(16,17)8-18-6-9(5-11(18)20)13(23)19(7-12(21)22)10-1-3-24-4-2-10/h9-10H,1-8H2,(H,21,22). The fraction of sp³-hybridized carbons (Fsp3) is 0.786. The van der Waals surface area contributed by atoms with Gasteiger partial charge in [-0.05, 0) is 12.8 Å². The molecule has 0 aromatic rings. The molecule has 0 aromatic carbocycles. The van der Waals surface area contributed by atoms with Crippen LogP contribution in [0.1, 0.15) is 19.3 Å². The smallest absolute Gasteiger partial charge is 0.406 e.